The molecular weight excluding hydrogens is 176 g/mol. The zero-order valence-electron chi connectivity index (χ0n) is 9.08. The summed E-state index contributed by atoms with van der Waals surface area (Å²) in [6, 6.07) is 3.78. The van der Waals surface area contributed by atoms with Crippen molar-refractivity contribution in [3.8, 4) is 5.75 Å². The van der Waals surface area contributed by atoms with E-state index in [1.54, 1.807) is 0 Å². The topological polar surface area (TPSA) is 48.1 Å². The normalized spacial score (nSPS) is 12.5. The predicted octanol–water partition coefficient (Wildman–Crippen LogP) is 2.40. The van der Waals surface area contributed by atoms with Gasteiger partial charge in [0.1, 0.15) is 0 Å². The van der Waals surface area contributed by atoms with Crippen LogP contribution in [0.5, 0.6) is 5.75 Å². The van der Waals surface area contributed by atoms with Crippen LogP contribution in [-0.2, 0) is 0 Å². The molecule has 2 N–H and O–H groups in total. The van der Waals surface area contributed by atoms with E-state index < -0.39 is 0 Å². The zero-order chi connectivity index (χ0) is 10.6. The minimum atomic E-state index is 0.480. The Morgan fingerprint density at radius 2 is 2.21 bits per heavy atom. The summed E-state index contributed by atoms with van der Waals surface area (Å²) < 4.78 is 5.56. The Morgan fingerprint density at radius 3 is 2.79 bits per heavy atom. The summed E-state index contributed by atoms with van der Waals surface area (Å²) in [5, 5.41) is 0. The number of aryl methyl sites for hydroxylation is 1. The molecule has 0 aliphatic heterocycles. The first kappa shape index (κ1) is 10.8. The SMILES string of the molecule is CCC(C)COc1ccc(C)nc1N. The van der Waals surface area contributed by atoms with Gasteiger partial charge in [-0.25, -0.2) is 4.98 Å². The Hall–Kier alpha value is -1.25. The van der Waals surface area contributed by atoms with Crippen LogP contribution in [0.25, 0.3) is 0 Å². The average Bonchev–Trinajstić information content (AvgIpc) is 2.16. The second kappa shape index (κ2) is 4.84. The van der Waals surface area contributed by atoms with Gasteiger partial charge in [-0.2, -0.15) is 0 Å². The van der Waals surface area contributed by atoms with Crippen LogP contribution in [-0.4, -0.2) is 11.6 Å². The van der Waals surface area contributed by atoms with Crippen molar-refractivity contribution in [2.75, 3.05) is 12.3 Å². The molecule has 1 aromatic rings. The lowest BCUT2D eigenvalue weighted by Crippen LogP contribution is -2.09. The van der Waals surface area contributed by atoms with Gasteiger partial charge in [-0.3, -0.25) is 0 Å². The highest BCUT2D eigenvalue weighted by Crippen LogP contribution is 2.19. The van der Waals surface area contributed by atoms with Crippen LogP contribution in [0.2, 0.25) is 0 Å². The summed E-state index contributed by atoms with van der Waals surface area (Å²) >= 11 is 0. The summed E-state index contributed by atoms with van der Waals surface area (Å²) in [6.07, 6.45) is 1.11. The molecule has 3 heteroatoms. The van der Waals surface area contributed by atoms with Gasteiger partial charge in [0.05, 0.1) is 6.61 Å². The maximum absolute atomic E-state index is 5.71. The number of hydrogen-bond acceptors (Lipinski definition) is 3. The van der Waals surface area contributed by atoms with Crippen molar-refractivity contribution in [2.45, 2.75) is 27.2 Å². The molecule has 1 atom stereocenters. The second-order valence-electron chi connectivity index (χ2n) is 3.66. The molecule has 1 rings (SSSR count). The van der Waals surface area contributed by atoms with E-state index >= 15 is 0 Å². The van der Waals surface area contributed by atoms with Gasteiger partial charge in [0, 0.05) is 5.69 Å². The van der Waals surface area contributed by atoms with Crippen molar-refractivity contribution in [2.24, 2.45) is 5.92 Å². The first-order valence-corrected chi connectivity index (χ1v) is 4.99. The Morgan fingerprint density at radius 1 is 1.50 bits per heavy atom. The highest BCUT2D eigenvalue weighted by atomic mass is 16.5. The van der Waals surface area contributed by atoms with Crippen molar-refractivity contribution >= 4 is 5.82 Å². The number of nitrogens with zero attached hydrogens (tertiary/aromatic N) is 1. The fraction of sp³-hybridized carbons (Fsp3) is 0.545. The molecule has 0 saturated heterocycles. The van der Waals surface area contributed by atoms with Gasteiger partial charge < -0.3 is 10.5 Å². The molecule has 0 spiro atoms. The quantitative estimate of drug-likeness (QED) is 0.800. The molecule has 0 saturated carbocycles. The summed E-state index contributed by atoms with van der Waals surface area (Å²) in [5.74, 6) is 1.72. The summed E-state index contributed by atoms with van der Waals surface area (Å²) in [7, 11) is 0. The highest BCUT2D eigenvalue weighted by Gasteiger charge is 2.04. The minimum Gasteiger partial charge on any atom is -0.489 e. The highest BCUT2D eigenvalue weighted by molar-refractivity contribution is 5.46. The Kier molecular flexibility index (Phi) is 3.74. The van der Waals surface area contributed by atoms with E-state index in [1.165, 1.54) is 0 Å². The number of aromatic nitrogens is 1. The van der Waals surface area contributed by atoms with Crippen molar-refractivity contribution in [3.63, 3.8) is 0 Å². The monoisotopic (exact) mass is 194 g/mol. The van der Waals surface area contributed by atoms with Gasteiger partial charge in [0.25, 0.3) is 0 Å². The number of rotatable bonds is 4. The Balaban J connectivity index is 2.59. The molecular formula is C11H18N2O. The lowest BCUT2D eigenvalue weighted by atomic mass is 10.1. The van der Waals surface area contributed by atoms with E-state index in [2.05, 4.69) is 18.8 Å². The predicted molar refractivity (Wildman–Crippen MR) is 58.3 cm³/mol. The number of ether oxygens (including phenoxy) is 1. The molecule has 0 fully saturated rings. The van der Waals surface area contributed by atoms with E-state index in [0.717, 1.165) is 12.1 Å². The van der Waals surface area contributed by atoms with Gasteiger partial charge in [-0.05, 0) is 25.0 Å². The molecule has 78 valence electrons. The number of anilines is 1. The van der Waals surface area contributed by atoms with Crippen LogP contribution in [0.4, 0.5) is 5.82 Å². The zero-order valence-corrected chi connectivity index (χ0v) is 9.08. The molecule has 0 radical (unpaired) electrons. The Bertz CT molecular complexity index is 299. The standard InChI is InChI=1S/C11H18N2O/c1-4-8(2)7-14-10-6-5-9(3)13-11(10)12/h5-6,8H,4,7H2,1-3H3,(H2,12,13). The maximum Gasteiger partial charge on any atom is 0.166 e. The van der Waals surface area contributed by atoms with Gasteiger partial charge in [-0.1, -0.05) is 20.3 Å². The average molecular weight is 194 g/mol. The molecule has 0 aliphatic carbocycles. The van der Waals surface area contributed by atoms with Gasteiger partial charge >= 0.3 is 0 Å². The fourth-order valence-electron chi connectivity index (χ4n) is 1.04. The molecule has 14 heavy (non-hydrogen) atoms. The van der Waals surface area contributed by atoms with E-state index in [4.69, 9.17) is 10.5 Å². The van der Waals surface area contributed by atoms with Crippen molar-refractivity contribution in [1.82, 2.24) is 4.98 Å². The van der Waals surface area contributed by atoms with Gasteiger partial charge in [-0.15, -0.1) is 0 Å². The Labute approximate surface area is 85.3 Å². The third kappa shape index (κ3) is 2.91. The molecule has 1 unspecified atom stereocenters. The molecule has 1 aromatic heterocycles. The molecule has 0 aliphatic rings. The van der Waals surface area contributed by atoms with Crippen molar-refractivity contribution in [1.29, 1.82) is 0 Å². The molecule has 1 heterocycles. The lowest BCUT2D eigenvalue weighted by molar-refractivity contribution is 0.257. The van der Waals surface area contributed by atoms with Crippen LogP contribution < -0.4 is 10.5 Å². The third-order valence-corrected chi connectivity index (χ3v) is 2.25. The van der Waals surface area contributed by atoms with Crippen LogP contribution in [0.3, 0.4) is 0 Å². The number of nitrogen functional groups attached to an aromatic ring is 1. The minimum absolute atomic E-state index is 0.480. The van der Waals surface area contributed by atoms with Crippen LogP contribution in [0, 0.1) is 12.8 Å². The van der Waals surface area contributed by atoms with Crippen LogP contribution in [0.1, 0.15) is 26.0 Å². The van der Waals surface area contributed by atoms with Crippen LogP contribution in [0.15, 0.2) is 12.1 Å². The molecule has 0 amide bonds. The maximum atomic E-state index is 5.71. The first-order valence-electron chi connectivity index (χ1n) is 4.99. The molecule has 3 nitrogen and oxygen atoms in total. The third-order valence-electron chi connectivity index (χ3n) is 2.25. The van der Waals surface area contributed by atoms with Crippen molar-refractivity contribution in [3.05, 3.63) is 17.8 Å². The summed E-state index contributed by atoms with van der Waals surface area (Å²) in [5.41, 5.74) is 6.63. The van der Waals surface area contributed by atoms with E-state index in [0.29, 0.717) is 24.1 Å². The second-order valence-corrected chi connectivity index (χ2v) is 3.66. The fourth-order valence-corrected chi connectivity index (χ4v) is 1.04. The van der Waals surface area contributed by atoms with Crippen molar-refractivity contribution < 1.29 is 4.74 Å². The molecule has 0 aromatic carbocycles. The van der Waals surface area contributed by atoms with Crippen LogP contribution >= 0.6 is 0 Å². The largest absolute Gasteiger partial charge is 0.489 e. The van der Waals surface area contributed by atoms with Gasteiger partial charge in [0.2, 0.25) is 0 Å². The first-order chi connectivity index (χ1) is 6.63. The molecule has 0 bridgehead atoms. The smallest absolute Gasteiger partial charge is 0.166 e. The summed E-state index contributed by atoms with van der Waals surface area (Å²) in [6.45, 7) is 6.91. The number of pyridine rings is 1. The summed E-state index contributed by atoms with van der Waals surface area (Å²) in [4.78, 5) is 4.13. The number of nitrogens with two attached hydrogens (primary N) is 1. The lowest BCUT2D eigenvalue weighted by Gasteiger charge is -2.12. The van der Waals surface area contributed by atoms with E-state index in [-0.39, 0.29) is 0 Å². The van der Waals surface area contributed by atoms with E-state index in [1.807, 2.05) is 19.1 Å². The van der Waals surface area contributed by atoms with E-state index in [9.17, 15) is 0 Å². The van der Waals surface area contributed by atoms with Gasteiger partial charge in [0.15, 0.2) is 11.6 Å². The number of hydrogen-bond donors (Lipinski definition) is 1.